The van der Waals surface area contributed by atoms with Crippen molar-refractivity contribution in [2.45, 2.75) is 33.4 Å². The number of hydrogen-bond donors (Lipinski definition) is 1. The lowest BCUT2D eigenvalue weighted by Gasteiger charge is -2.08. The van der Waals surface area contributed by atoms with Gasteiger partial charge in [-0.3, -0.25) is 14.3 Å². The molecule has 0 saturated heterocycles. The zero-order valence-electron chi connectivity index (χ0n) is 20.1. The third-order valence-corrected chi connectivity index (χ3v) is 5.92. The molecule has 0 spiro atoms. The standard InChI is InChI=1S/C28H28N4O3/c1-19-25(20(2)32(31-19)17-22-7-6-8-24(15-22)28(34)29-3)16-26(33)23-12-10-21(11-13-23)18-35-27-9-4-5-14-30-27/h4-15H,16-18H2,1-3H3,(H,29,34). The van der Waals surface area contributed by atoms with E-state index in [0.717, 1.165) is 28.1 Å². The first-order valence-electron chi connectivity index (χ1n) is 11.4. The summed E-state index contributed by atoms with van der Waals surface area (Å²) in [6.07, 6.45) is 1.96. The normalized spacial score (nSPS) is 10.7. The van der Waals surface area contributed by atoms with Crippen LogP contribution in [0.25, 0.3) is 0 Å². The lowest BCUT2D eigenvalue weighted by atomic mass is 10.0. The Hall–Kier alpha value is -4.26. The van der Waals surface area contributed by atoms with Gasteiger partial charge in [-0.15, -0.1) is 0 Å². The maximum absolute atomic E-state index is 13.0. The molecule has 0 aliphatic carbocycles. The van der Waals surface area contributed by atoms with Gasteiger partial charge in [0.2, 0.25) is 5.88 Å². The second-order valence-corrected chi connectivity index (χ2v) is 8.34. The monoisotopic (exact) mass is 468 g/mol. The van der Waals surface area contributed by atoms with E-state index in [9.17, 15) is 9.59 Å². The first kappa shape index (κ1) is 23.9. The molecule has 1 N–H and O–H groups in total. The first-order valence-corrected chi connectivity index (χ1v) is 11.4. The number of amides is 1. The number of rotatable bonds is 9. The van der Waals surface area contributed by atoms with E-state index >= 15 is 0 Å². The maximum Gasteiger partial charge on any atom is 0.251 e. The van der Waals surface area contributed by atoms with Crippen molar-refractivity contribution in [3.05, 3.63) is 112 Å². The topological polar surface area (TPSA) is 86.1 Å². The van der Waals surface area contributed by atoms with Crippen LogP contribution < -0.4 is 10.1 Å². The summed E-state index contributed by atoms with van der Waals surface area (Å²) in [4.78, 5) is 29.1. The van der Waals surface area contributed by atoms with Gasteiger partial charge in [0, 0.05) is 48.1 Å². The number of nitrogens with one attached hydrogen (secondary N) is 1. The predicted molar refractivity (Wildman–Crippen MR) is 134 cm³/mol. The van der Waals surface area contributed by atoms with Crippen molar-refractivity contribution in [3.63, 3.8) is 0 Å². The fraction of sp³-hybridized carbons (Fsp3) is 0.214. The lowest BCUT2D eigenvalue weighted by Crippen LogP contribution is -2.18. The van der Waals surface area contributed by atoms with Gasteiger partial charge in [0.1, 0.15) is 6.61 Å². The average molecular weight is 469 g/mol. The fourth-order valence-corrected chi connectivity index (χ4v) is 3.91. The van der Waals surface area contributed by atoms with Crippen molar-refractivity contribution >= 4 is 11.7 Å². The minimum absolute atomic E-state index is 0.0366. The van der Waals surface area contributed by atoms with Crippen molar-refractivity contribution in [1.82, 2.24) is 20.1 Å². The average Bonchev–Trinajstić information content (AvgIpc) is 3.15. The number of nitrogens with zero attached hydrogens (tertiary/aromatic N) is 3. The van der Waals surface area contributed by atoms with Gasteiger partial charge in [0.15, 0.2) is 5.78 Å². The lowest BCUT2D eigenvalue weighted by molar-refractivity contribution is 0.0961. The largest absolute Gasteiger partial charge is 0.473 e. The molecule has 2 aromatic carbocycles. The first-order chi connectivity index (χ1) is 16.9. The number of hydrogen-bond acceptors (Lipinski definition) is 5. The number of aromatic nitrogens is 3. The van der Waals surface area contributed by atoms with E-state index in [-0.39, 0.29) is 18.1 Å². The zero-order chi connectivity index (χ0) is 24.8. The Bertz CT molecular complexity index is 1330. The van der Waals surface area contributed by atoms with Gasteiger partial charge in [-0.05, 0) is 43.2 Å². The van der Waals surface area contributed by atoms with Gasteiger partial charge < -0.3 is 10.1 Å². The van der Waals surface area contributed by atoms with Crippen LogP contribution in [-0.2, 0) is 19.6 Å². The molecule has 0 aliphatic rings. The molecular weight excluding hydrogens is 440 g/mol. The molecule has 178 valence electrons. The van der Waals surface area contributed by atoms with Crippen LogP contribution in [0, 0.1) is 13.8 Å². The number of aryl methyl sites for hydroxylation is 1. The highest BCUT2D eigenvalue weighted by Crippen LogP contribution is 2.19. The number of pyridine rings is 1. The third-order valence-electron chi connectivity index (χ3n) is 5.92. The molecule has 7 nitrogen and oxygen atoms in total. The van der Waals surface area contributed by atoms with Gasteiger partial charge in [0.05, 0.1) is 12.2 Å². The minimum Gasteiger partial charge on any atom is -0.473 e. The molecular formula is C28H28N4O3. The van der Waals surface area contributed by atoms with E-state index < -0.39 is 0 Å². The van der Waals surface area contributed by atoms with Gasteiger partial charge >= 0.3 is 0 Å². The molecule has 0 fully saturated rings. The van der Waals surface area contributed by atoms with Gasteiger partial charge in [0.25, 0.3) is 5.91 Å². The van der Waals surface area contributed by atoms with Crippen molar-refractivity contribution in [2.24, 2.45) is 0 Å². The Labute approximate surface area is 204 Å². The highest BCUT2D eigenvalue weighted by molar-refractivity contribution is 5.97. The number of Topliss-reactive ketones (excluding diaryl/α,β-unsaturated/α-hetero) is 1. The van der Waals surface area contributed by atoms with E-state index in [1.165, 1.54) is 0 Å². The number of carbonyl (C=O) groups is 2. The summed E-state index contributed by atoms with van der Waals surface area (Å²) < 4.78 is 7.56. The number of carbonyl (C=O) groups excluding carboxylic acids is 2. The predicted octanol–water partition coefficient (Wildman–Crippen LogP) is 4.31. The van der Waals surface area contributed by atoms with Crippen LogP contribution in [0.3, 0.4) is 0 Å². The van der Waals surface area contributed by atoms with Gasteiger partial charge in [-0.25, -0.2) is 4.98 Å². The third kappa shape index (κ3) is 5.81. The SMILES string of the molecule is CNC(=O)c1cccc(Cn2nc(C)c(CC(=O)c3ccc(COc4ccccn4)cc3)c2C)c1. The fourth-order valence-electron chi connectivity index (χ4n) is 3.91. The molecule has 0 saturated carbocycles. The van der Waals surface area contributed by atoms with Crippen LogP contribution in [0.5, 0.6) is 5.88 Å². The van der Waals surface area contributed by atoms with Crippen LogP contribution in [0.4, 0.5) is 0 Å². The smallest absolute Gasteiger partial charge is 0.251 e. The number of ketones is 1. The van der Waals surface area contributed by atoms with Crippen LogP contribution in [-0.4, -0.2) is 33.5 Å². The van der Waals surface area contributed by atoms with E-state index in [1.54, 1.807) is 25.4 Å². The number of benzene rings is 2. The van der Waals surface area contributed by atoms with E-state index in [0.29, 0.717) is 30.2 Å². The summed E-state index contributed by atoms with van der Waals surface area (Å²) in [5.74, 6) is 0.478. The molecule has 0 bridgehead atoms. The maximum atomic E-state index is 13.0. The zero-order valence-corrected chi connectivity index (χ0v) is 20.1. The van der Waals surface area contributed by atoms with Crippen LogP contribution in [0.2, 0.25) is 0 Å². The summed E-state index contributed by atoms with van der Waals surface area (Å²) >= 11 is 0. The summed E-state index contributed by atoms with van der Waals surface area (Å²) in [6.45, 7) is 4.81. The van der Waals surface area contributed by atoms with E-state index in [1.807, 2.05) is 73.1 Å². The van der Waals surface area contributed by atoms with Crippen molar-refractivity contribution in [2.75, 3.05) is 7.05 Å². The Balaban J connectivity index is 1.42. The van der Waals surface area contributed by atoms with Crippen molar-refractivity contribution in [1.29, 1.82) is 0 Å². The molecule has 2 heterocycles. The highest BCUT2D eigenvalue weighted by atomic mass is 16.5. The quantitative estimate of drug-likeness (QED) is 0.370. The van der Waals surface area contributed by atoms with E-state index in [4.69, 9.17) is 4.74 Å². The molecule has 0 unspecified atom stereocenters. The Kier molecular flexibility index (Phi) is 7.35. The molecule has 35 heavy (non-hydrogen) atoms. The summed E-state index contributed by atoms with van der Waals surface area (Å²) in [5.41, 5.74) is 5.90. The minimum atomic E-state index is -0.124. The summed E-state index contributed by atoms with van der Waals surface area (Å²) in [7, 11) is 1.61. The highest BCUT2D eigenvalue weighted by Gasteiger charge is 2.17. The van der Waals surface area contributed by atoms with Crippen molar-refractivity contribution < 1.29 is 14.3 Å². The Morgan fingerprint density at radius 2 is 1.74 bits per heavy atom. The van der Waals surface area contributed by atoms with Gasteiger partial charge in [-0.2, -0.15) is 5.10 Å². The number of ether oxygens (including phenoxy) is 1. The second-order valence-electron chi connectivity index (χ2n) is 8.34. The van der Waals surface area contributed by atoms with Crippen LogP contribution in [0.15, 0.2) is 72.9 Å². The van der Waals surface area contributed by atoms with Crippen molar-refractivity contribution in [3.8, 4) is 5.88 Å². The molecule has 4 rings (SSSR count). The van der Waals surface area contributed by atoms with Crippen LogP contribution >= 0.6 is 0 Å². The Morgan fingerprint density at radius 3 is 2.46 bits per heavy atom. The van der Waals surface area contributed by atoms with Crippen LogP contribution in [0.1, 0.15) is 48.8 Å². The molecule has 7 heteroatoms. The second kappa shape index (κ2) is 10.8. The molecule has 0 radical (unpaired) electrons. The van der Waals surface area contributed by atoms with E-state index in [2.05, 4.69) is 15.4 Å². The molecule has 2 aromatic heterocycles. The molecule has 1 amide bonds. The van der Waals surface area contributed by atoms with Gasteiger partial charge in [-0.1, -0.05) is 42.5 Å². The molecule has 0 aliphatic heterocycles. The Morgan fingerprint density at radius 1 is 0.943 bits per heavy atom. The summed E-state index contributed by atoms with van der Waals surface area (Å²) in [6, 6.07) is 20.5. The molecule has 4 aromatic rings. The molecule has 0 atom stereocenters. The summed E-state index contributed by atoms with van der Waals surface area (Å²) in [5, 5.41) is 7.30.